The second kappa shape index (κ2) is 4.14. The van der Waals surface area contributed by atoms with Gasteiger partial charge in [-0.2, -0.15) is 0 Å². The van der Waals surface area contributed by atoms with Crippen LogP contribution in [0.1, 0.15) is 37.2 Å². The lowest BCUT2D eigenvalue weighted by molar-refractivity contribution is -0.138. The Balaban J connectivity index is 2.63. The first-order valence-corrected chi connectivity index (χ1v) is 5.34. The second-order valence-electron chi connectivity index (χ2n) is 4.19. The van der Waals surface area contributed by atoms with E-state index in [1.54, 1.807) is 16.5 Å². The van der Waals surface area contributed by atoms with Gasteiger partial charge in [-0.1, -0.05) is 19.9 Å². The highest BCUT2D eigenvalue weighted by Crippen LogP contribution is 2.19. The normalized spacial score (nSPS) is 13.2. The van der Waals surface area contributed by atoms with Crippen molar-refractivity contribution in [3.8, 4) is 0 Å². The van der Waals surface area contributed by atoms with Crippen LogP contribution < -0.4 is 5.73 Å². The van der Waals surface area contributed by atoms with Gasteiger partial charge in [-0.05, 0) is 6.07 Å². The van der Waals surface area contributed by atoms with Crippen molar-refractivity contribution in [3.05, 3.63) is 29.7 Å². The van der Waals surface area contributed by atoms with Gasteiger partial charge in [0.1, 0.15) is 11.9 Å². The number of nitrogens with two attached hydrogens (primary N) is 1. The molecule has 0 aliphatic heterocycles. The van der Waals surface area contributed by atoms with Crippen LogP contribution in [0.4, 0.5) is 0 Å². The number of aliphatic carboxylic acids is 1. The summed E-state index contributed by atoms with van der Waals surface area (Å²) in [5, 5.41) is 17.0. The summed E-state index contributed by atoms with van der Waals surface area (Å²) in [6, 6.07) is 2.33. The maximum atomic E-state index is 10.9. The fourth-order valence-corrected chi connectivity index (χ4v) is 1.72. The molecule has 0 saturated heterocycles. The van der Waals surface area contributed by atoms with Crippen LogP contribution in [0, 0.1) is 0 Å². The molecule has 6 nitrogen and oxygen atoms in total. The first-order valence-electron chi connectivity index (χ1n) is 5.34. The van der Waals surface area contributed by atoms with Gasteiger partial charge >= 0.3 is 5.97 Å². The zero-order valence-corrected chi connectivity index (χ0v) is 9.66. The number of nitrogens with zero attached hydrogens (tertiary/aromatic N) is 3. The van der Waals surface area contributed by atoms with Crippen molar-refractivity contribution in [2.24, 2.45) is 5.73 Å². The number of rotatable bonds is 3. The molecule has 2 rings (SSSR count). The third-order valence-corrected chi connectivity index (χ3v) is 2.61. The Hall–Kier alpha value is -1.95. The minimum Gasteiger partial charge on any atom is -0.480 e. The van der Waals surface area contributed by atoms with Gasteiger partial charge in [-0.25, -0.2) is 0 Å². The monoisotopic (exact) mass is 234 g/mol. The molecule has 6 heteroatoms. The highest BCUT2D eigenvalue weighted by molar-refractivity contribution is 5.78. The molecule has 2 aromatic heterocycles. The fourth-order valence-electron chi connectivity index (χ4n) is 1.72. The Kier molecular flexibility index (Phi) is 2.81. The molecular formula is C11H14N4O2. The van der Waals surface area contributed by atoms with Gasteiger partial charge in [0.15, 0.2) is 5.65 Å². The molecule has 2 aromatic rings. The molecule has 0 fully saturated rings. The molecule has 1 atom stereocenters. The third-order valence-electron chi connectivity index (χ3n) is 2.61. The number of pyridine rings is 1. The Morgan fingerprint density at radius 1 is 1.47 bits per heavy atom. The molecule has 0 amide bonds. The summed E-state index contributed by atoms with van der Waals surface area (Å²) in [5.74, 6) is -0.0760. The smallest absolute Gasteiger partial charge is 0.325 e. The summed E-state index contributed by atoms with van der Waals surface area (Å²) < 4.78 is 1.78. The molecule has 1 unspecified atom stereocenters. The van der Waals surface area contributed by atoms with Crippen LogP contribution in [-0.4, -0.2) is 25.7 Å². The Labute approximate surface area is 98.1 Å². The van der Waals surface area contributed by atoms with Crippen molar-refractivity contribution < 1.29 is 9.90 Å². The molecule has 0 bridgehead atoms. The van der Waals surface area contributed by atoms with E-state index in [0.717, 1.165) is 5.82 Å². The fraction of sp³-hybridized carbons (Fsp3) is 0.364. The van der Waals surface area contributed by atoms with E-state index in [9.17, 15) is 4.79 Å². The lowest BCUT2D eigenvalue weighted by Gasteiger charge is -2.08. The first kappa shape index (κ1) is 11.5. The number of hydrogen-bond acceptors (Lipinski definition) is 4. The summed E-state index contributed by atoms with van der Waals surface area (Å²) in [6.07, 6.45) is 1.81. The number of fused-ring (bicyclic) bond motifs is 1. The Morgan fingerprint density at radius 3 is 2.76 bits per heavy atom. The molecular weight excluding hydrogens is 220 g/mol. The third kappa shape index (κ3) is 1.87. The van der Waals surface area contributed by atoms with E-state index in [0.29, 0.717) is 11.2 Å². The largest absolute Gasteiger partial charge is 0.480 e. The highest BCUT2D eigenvalue weighted by Gasteiger charge is 2.20. The van der Waals surface area contributed by atoms with E-state index < -0.39 is 12.0 Å². The predicted octanol–water partition coefficient (Wildman–Crippen LogP) is 0.937. The van der Waals surface area contributed by atoms with Gasteiger partial charge < -0.3 is 10.8 Å². The zero-order valence-electron chi connectivity index (χ0n) is 9.66. The maximum Gasteiger partial charge on any atom is 0.325 e. The predicted molar refractivity (Wildman–Crippen MR) is 61.6 cm³/mol. The molecule has 0 spiro atoms. The molecule has 0 aliphatic rings. The minimum atomic E-state index is -1.08. The Morgan fingerprint density at radius 2 is 2.18 bits per heavy atom. The van der Waals surface area contributed by atoms with Gasteiger partial charge in [0.05, 0.1) is 0 Å². The summed E-state index contributed by atoms with van der Waals surface area (Å²) in [4.78, 5) is 10.9. The van der Waals surface area contributed by atoms with Crippen LogP contribution in [0.25, 0.3) is 5.65 Å². The van der Waals surface area contributed by atoms with Crippen molar-refractivity contribution in [2.45, 2.75) is 25.8 Å². The quantitative estimate of drug-likeness (QED) is 0.824. The van der Waals surface area contributed by atoms with Crippen molar-refractivity contribution in [1.29, 1.82) is 0 Å². The van der Waals surface area contributed by atoms with Crippen LogP contribution in [0.3, 0.4) is 0 Å². The van der Waals surface area contributed by atoms with Crippen molar-refractivity contribution >= 4 is 11.6 Å². The van der Waals surface area contributed by atoms with Crippen LogP contribution >= 0.6 is 0 Å². The summed E-state index contributed by atoms with van der Waals surface area (Å²) >= 11 is 0. The number of carboxylic acids is 1. The molecule has 0 saturated carbocycles. The summed E-state index contributed by atoms with van der Waals surface area (Å²) in [5.41, 5.74) is 6.59. The number of carbonyl (C=O) groups is 1. The lowest BCUT2D eigenvalue weighted by atomic mass is 10.1. The average Bonchev–Trinajstić information content (AvgIpc) is 2.71. The van der Waals surface area contributed by atoms with Gasteiger partial charge in [0.2, 0.25) is 0 Å². The standard InChI is InChI=1S/C11H14N4O2/c1-6(2)9-13-14-10-7(8(12)11(16)17)4-3-5-15(9)10/h3-6,8H,12H2,1-2H3,(H,16,17). The van der Waals surface area contributed by atoms with E-state index in [-0.39, 0.29) is 5.92 Å². The summed E-state index contributed by atoms with van der Waals surface area (Å²) in [7, 11) is 0. The van der Waals surface area contributed by atoms with E-state index in [1.807, 2.05) is 20.0 Å². The topological polar surface area (TPSA) is 93.5 Å². The Bertz CT molecular complexity index is 562. The van der Waals surface area contributed by atoms with E-state index in [2.05, 4.69) is 10.2 Å². The average molecular weight is 234 g/mol. The van der Waals surface area contributed by atoms with Gasteiger partial charge in [0, 0.05) is 17.7 Å². The van der Waals surface area contributed by atoms with E-state index in [4.69, 9.17) is 10.8 Å². The van der Waals surface area contributed by atoms with Crippen LogP contribution in [0.2, 0.25) is 0 Å². The molecule has 0 aliphatic carbocycles. The first-order chi connectivity index (χ1) is 8.02. The molecule has 2 heterocycles. The summed E-state index contributed by atoms with van der Waals surface area (Å²) in [6.45, 7) is 4.00. The number of hydrogen-bond donors (Lipinski definition) is 2. The molecule has 3 N–H and O–H groups in total. The minimum absolute atomic E-state index is 0.210. The van der Waals surface area contributed by atoms with Crippen LogP contribution in [0.15, 0.2) is 18.3 Å². The van der Waals surface area contributed by atoms with Crippen molar-refractivity contribution in [1.82, 2.24) is 14.6 Å². The molecule has 17 heavy (non-hydrogen) atoms. The second-order valence-corrected chi connectivity index (χ2v) is 4.19. The molecule has 0 radical (unpaired) electrons. The van der Waals surface area contributed by atoms with Gasteiger partial charge in [-0.3, -0.25) is 9.20 Å². The lowest BCUT2D eigenvalue weighted by Crippen LogP contribution is -2.21. The van der Waals surface area contributed by atoms with Gasteiger partial charge in [0.25, 0.3) is 0 Å². The zero-order chi connectivity index (χ0) is 12.6. The molecule has 0 aromatic carbocycles. The SMILES string of the molecule is CC(C)c1nnc2c(C(N)C(=O)O)cccn12. The van der Waals surface area contributed by atoms with Crippen LogP contribution in [-0.2, 0) is 4.79 Å². The van der Waals surface area contributed by atoms with Crippen molar-refractivity contribution in [2.75, 3.05) is 0 Å². The van der Waals surface area contributed by atoms with Crippen molar-refractivity contribution in [3.63, 3.8) is 0 Å². The van der Waals surface area contributed by atoms with Gasteiger partial charge in [-0.15, -0.1) is 10.2 Å². The highest BCUT2D eigenvalue weighted by atomic mass is 16.4. The molecule has 90 valence electrons. The number of carboxylic acid groups (broad SMARTS) is 1. The maximum absolute atomic E-state index is 10.9. The van der Waals surface area contributed by atoms with E-state index >= 15 is 0 Å². The number of aromatic nitrogens is 3. The van der Waals surface area contributed by atoms with Crippen LogP contribution in [0.5, 0.6) is 0 Å². The van der Waals surface area contributed by atoms with E-state index in [1.165, 1.54) is 0 Å².